The zero-order valence-corrected chi connectivity index (χ0v) is 13.5. The lowest BCUT2D eigenvalue weighted by Crippen LogP contribution is -2.35. The van der Waals surface area contributed by atoms with Gasteiger partial charge in [-0.05, 0) is 32.9 Å². The van der Waals surface area contributed by atoms with Crippen molar-refractivity contribution in [1.29, 1.82) is 0 Å². The molecule has 1 saturated heterocycles. The molecule has 0 radical (unpaired) electrons. The fourth-order valence-electron chi connectivity index (χ4n) is 2.61. The number of aryl methyl sites for hydroxylation is 1. The van der Waals surface area contributed by atoms with Crippen molar-refractivity contribution in [3.63, 3.8) is 0 Å². The summed E-state index contributed by atoms with van der Waals surface area (Å²) < 4.78 is 0. The molecule has 1 aliphatic heterocycles. The number of rotatable bonds is 5. The molecule has 3 heterocycles. The van der Waals surface area contributed by atoms with Gasteiger partial charge < -0.3 is 21.7 Å². The average Bonchev–Trinajstić information content (AvgIpc) is 2.58. The fraction of sp³-hybridized carbons (Fsp3) is 0.375. The second-order valence-electron chi connectivity index (χ2n) is 5.82. The average molecular weight is 327 g/mol. The number of nitrogens with two attached hydrogens (primary N) is 1. The Kier molecular flexibility index (Phi) is 4.85. The highest BCUT2D eigenvalue weighted by atomic mass is 16.1. The quantitative estimate of drug-likeness (QED) is 0.651. The molecule has 3 rings (SSSR count). The third kappa shape index (κ3) is 3.96. The molecule has 0 unspecified atom stereocenters. The molecule has 0 spiro atoms. The van der Waals surface area contributed by atoms with Crippen LogP contribution in [0, 0.1) is 6.92 Å². The summed E-state index contributed by atoms with van der Waals surface area (Å²) in [5.74, 6) is 0.669. The van der Waals surface area contributed by atoms with E-state index in [0.29, 0.717) is 28.9 Å². The third-order valence-electron chi connectivity index (χ3n) is 3.91. The maximum absolute atomic E-state index is 11.7. The molecule has 0 aliphatic carbocycles. The van der Waals surface area contributed by atoms with E-state index in [1.807, 2.05) is 6.92 Å². The van der Waals surface area contributed by atoms with Crippen LogP contribution in [-0.2, 0) is 0 Å². The highest BCUT2D eigenvalue weighted by Crippen LogP contribution is 2.22. The monoisotopic (exact) mass is 327 g/mol. The smallest absolute Gasteiger partial charge is 0.252 e. The second kappa shape index (κ2) is 7.22. The van der Waals surface area contributed by atoms with Crippen molar-refractivity contribution >= 4 is 23.2 Å². The number of pyridine rings is 1. The molecule has 1 amide bonds. The fourth-order valence-corrected chi connectivity index (χ4v) is 2.61. The lowest BCUT2D eigenvalue weighted by atomic mass is 10.1. The number of hydrogen-bond acceptors (Lipinski definition) is 7. The number of nitrogens with zero attached hydrogens (tertiary/aromatic N) is 3. The molecule has 0 atom stereocenters. The van der Waals surface area contributed by atoms with Crippen molar-refractivity contribution in [2.24, 2.45) is 5.73 Å². The van der Waals surface area contributed by atoms with Gasteiger partial charge in [-0.1, -0.05) is 0 Å². The minimum Gasteiger partial charge on any atom is -0.381 e. The van der Waals surface area contributed by atoms with Crippen LogP contribution in [0.15, 0.2) is 24.7 Å². The number of piperidine rings is 1. The summed E-state index contributed by atoms with van der Waals surface area (Å²) in [6.07, 6.45) is 6.78. The maximum Gasteiger partial charge on any atom is 0.252 e. The van der Waals surface area contributed by atoms with Crippen LogP contribution in [0.4, 0.5) is 17.3 Å². The number of carbonyl (C=O) groups is 1. The van der Waals surface area contributed by atoms with Gasteiger partial charge in [0.25, 0.3) is 5.91 Å². The van der Waals surface area contributed by atoms with Crippen LogP contribution in [0.3, 0.4) is 0 Å². The van der Waals surface area contributed by atoms with Gasteiger partial charge in [-0.25, -0.2) is 9.97 Å². The first-order valence-electron chi connectivity index (χ1n) is 7.94. The number of aromatic nitrogens is 3. The van der Waals surface area contributed by atoms with E-state index in [1.54, 1.807) is 18.5 Å². The van der Waals surface area contributed by atoms with Crippen LogP contribution in [0.25, 0.3) is 0 Å². The molecule has 8 heteroatoms. The summed E-state index contributed by atoms with van der Waals surface area (Å²) in [6.45, 7) is 3.79. The Labute approximate surface area is 140 Å². The molecule has 0 aromatic carbocycles. The topological polar surface area (TPSA) is 118 Å². The highest BCUT2D eigenvalue weighted by molar-refractivity contribution is 5.98. The van der Waals surface area contributed by atoms with Gasteiger partial charge in [0, 0.05) is 18.3 Å². The number of hydrogen-bond donors (Lipinski definition) is 4. The summed E-state index contributed by atoms with van der Waals surface area (Å²) in [6, 6.07) is 2.09. The summed E-state index contributed by atoms with van der Waals surface area (Å²) in [5, 5.41) is 9.81. The van der Waals surface area contributed by atoms with Gasteiger partial charge in [0.05, 0.1) is 29.3 Å². The molecule has 0 bridgehead atoms. The van der Waals surface area contributed by atoms with Gasteiger partial charge in [0.1, 0.15) is 11.6 Å². The molecule has 1 aliphatic rings. The van der Waals surface area contributed by atoms with E-state index in [-0.39, 0.29) is 0 Å². The first-order valence-corrected chi connectivity index (χ1v) is 7.94. The molecule has 0 saturated carbocycles. The predicted molar refractivity (Wildman–Crippen MR) is 92.3 cm³/mol. The SMILES string of the molecule is Cc1cnc(Nc2cc(NC3CCNCC3)c(C(N)=O)cn2)cn1. The van der Waals surface area contributed by atoms with Crippen molar-refractivity contribution in [2.75, 3.05) is 23.7 Å². The van der Waals surface area contributed by atoms with Crippen LogP contribution < -0.4 is 21.7 Å². The van der Waals surface area contributed by atoms with E-state index < -0.39 is 5.91 Å². The van der Waals surface area contributed by atoms with Gasteiger partial charge in [-0.3, -0.25) is 9.78 Å². The Balaban J connectivity index is 1.81. The normalized spacial score (nSPS) is 15.0. The van der Waals surface area contributed by atoms with Gasteiger partial charge in [0.2, 0.25) is 0 Å². The third-order valence-corrected chi connectivity index (χ3v) is 3.91. The standard InChI is InChI=1S/C16H21N7O/c1-10-7-20-15(9-19-10)23-14-6-13(12(8-21-14)16(17)24)22-11-2-4-18-5-3-11/h6-9,11,18H,2-5H2,1H3,(H2,17,24)(H2,20,21,22,23). The van der Waals surface area contributed by atoms with Crippen molar-refractivity contribution in [3.05, 3.63) is 35.9 Å². The van der Waals surface area contributed by atoms with Crippen molar-refractivity contribution in [2.45, 2.75) is 25.8 Å². The minimum atomic E-state index is -0.499. The second-order valence-corrected chi connectivity index (χ2v) is 5.82. The first-order chi connectivity index (χ1) is 11.6. The van der Waals surface area contributed by atoms with Crippen LogP contribution in [0.1, 0.15) is 28.9 Å². The largest absolute Gasteiger partial charge is 0.381 e. The zero-order valence-electron chi connectivity index (χ0n) is 13.5. The lowest BCUT2D eigenvalue weighted by molar-refractivity contribution is 0.100. The molecule has 2 aromatic heterocycles. The Hall–Kier alpha value is -2.74. The van der Waals surface area contributed by atoms with Crippen molar-refractivity contribution in [3.8, 4) is 0 Å². The number of anilines is 3. The number of primary amides is 1. The summed E-state index contributed by atoms with van der Waals surface area (Å²) >= 11 is 0. The number of amides is 1. The minimum absolute atomic E-state index is 0.304. The molecule has 5 N–H and O–H groups in total. The lowest BCUT2D eigenvalue weighted by Gasteiger charge is -2.25. The summed E-state index contributed by atoms with van der Waals surface area (Å²) in [5.41, 5.74) is 7.37. The van der Waals surface area contributed by atoms with Crippen molar-refractivity contribution < 1.29 is 4.79 Å². The van der Waals surface area contributed by atoms with E-state index >= 15 is 0 Å². The van der Waals surface area contributed by atoms with Gasteiger partial charge in [-0.15, -0.1) is 0 Å². The van der Waals surface area contributed by atoms with Gasteiger partial charge >= 0.3 is 0 Å². The van der Waals surface area contributed by atoms with Crippen LogP contribution >= 0.6 is 0 Å². The number of carbonyl (C=O) groups excluding carboxylic acids is 1. The van der Waals surface area contributed by atoms with Crippen LogP contribution in [0.5, 0.6) is 0 Å². The van der Waals surface area contributed by atoms with E-state index in [0.717, 1.165) is 31.6 Å². The Morgan fingerprint density at radius 2 is 1.92 bits per heavy atom. The van der Waals surface area contributed by atoms with E-state index in [9.17, 15) is 4.79 Å². The first kappa shape index (κ1) is 16.1. The van der Waals surface area contributed by atoms with E-state index in [4.69, 9.17) is 5.73 Å². The molecular weight excluding hydrogens is 306 g/mol. The van der Waals surface area contributed by atoms with E-state index in [1.165, 1.54) is 6.20 Å². The Morgan fingerprint density at radius 1 is 1.17 bits per heavy atom. The van der Waals surface area contributed by atoms with Gasteiger partial charge in [0.15, 0.2) is 0 Å². The number of nitrogens with one attached hydrogen (secondary N) is 3. The Bertz CT molecular complexity index is 711. The molecule has 2 aromatic rings. The summed E-state index contributed by atoms with van der Waals surface area (Å²) in [4.78, 5) is 24.3. The maximum atomic E-state index is 11.7. The molecule has 8 nitrogen and oxygen atoms in total. The van der Waals surface area contributed by atoms with Crippen LogP contribution in [-0.4, -0.2) is 40.0 Å². The van der Waals surface area contributed by atoms with Crippen LogP contribution in [0.2, 0.25) is 0 Å². The molecule has 24 heavy (non-hydrogen) atoms. The highest BCUT2D eigenvalue weighted by Gasteiger charge is 2.17. The molecule has 126 valence electrons. The Morgan fingerprint density at radius 3 is 2.58 bits per heavy atom. The van der Waals surface area contributed by atoms with Crippen molar-refractivity contribution in [1.82, 2.24) is 20.3 Å². The molecular formula is C16H21N7O. The summed E-state index contributed by atoms with van der Waals surface area (Å²) in [7, 11) is 0. The zero-order chi connectivity index (χ0) is 16.9. The van der Waals surface area contributed by atoms with E-state index in [2.05, 4.69) is 30.9 Å². The molecule has 1 fully saturated rings. The predicted octanol–water partition coefficient (Wildman–Crippen LogP) is 1.19. The van der Waals surface area contributed by atoms with Gasteiger partial charge in [-0.2, -0.15) is 0 Å².